The third-order valence-electron chi connectivity index (χ3n) is 4.24. The molecule has 0 aliphatic heterocycles. The predicted molar refractivity (Wildman–Crippen MR) is 117 cm³/mol. The van der Waals surface area contributed by atoms with Crippen molar-refractivity contribution in [2.24, 2.45) is 21.7 Å². The molecule has 2 aromatic carbocycles. The van der Waals surface area contributed by atoms with Crippen molar-refractivity contribution in [3.8, 4) is 0 Å². The number of thioether (sulfide) groups is 1. The van der Waals surface area contributed by atoms with Crippen molar-refractivity contribution in [2.75, 3.05) is 0 Å². The van der Waals surface area contributed by atoms with Gasteiger partial charge in [0, 0.05) is 22.7 Å². The number of aromatic nitrogens is 2. The maximum atomic E-state index is 11.0. The highest BCUT2D eigenvalue weighted by atomic mass is 35.5. The van der Waals surface area contributed by atoms with Crippen molar-refractivity contribution in [2.45, 2.75) is 16.8 Å². The number of aromatic amines is 1. The minimum atomic E-state index is -0.440. The monoisotopic (exact) mass is 451 g/mol. The fraction of sp³-hybridized carbons (Fsp3) is 0.118. The van der Waals surface area contributed by atoms with Gasteiger partial charge in [-0.1, -0.05) is 29.4 Å². The van der Waals surface area contributed by atoms with Crippen molar-refractivity contribution in [3.63, 3.8) is 0 Å². The van der Waals surface area contributed by atoms with Crippen molar-refractivity contribution in [3.05, 3.63) is 62.7 Å². The Kier molecular flexibility index (Phi) is 5.96. The van der Waals surface area contributed by atoms with Gasteiger partial charge >= 0.3 is 0 Å². The minimum absolute atomic E-state index is 0. The SMILES string of the molecule is Cl.NC(N)=N/N=C1\c2cc(Cl)ccc2CC1Sc1nc2ccc([N+](=O)[O-])cc2[nH]1. The minimum Gasteiger partial charge on any atom is -0.369 e. The fourth-order valence-electron chi connectivity index (χ4n) is 3.04. The van der Waals surface area contributed by atoms with Gasteiger partial charge in [-0.25, -0.2) is 4.98 Å². The molecule has 4 rings (SSSR count). The number of halogens is 2. The van der Waals surface area contributed by atoms with E-state index in [-0.39, 0.29) is 29.3 Å². The first kappa shape index (κ1) is 20.9. The molecule has 29 heavy (non-hydrogen) atoms. The summed E-state index contributed by atoms with van der Waals surface area (Å²) < 4.78 is 0. The lowest BCUT2D eigenvalue weighted by Crippen LogP contribution is -2.22. The van der Waals surface area contributed by atoms with E-state index in [1.54, 1.807) is 6.07 Å². The maximum Gasteiger partial charge on any atom is 0.271 e. The van der Waals surface area contributed by atoms with Gasteiger partial charge in [-0.05, 0) is 30.2 Å². The van der Waals surface area contributed by atoms with Crippen LogP contribution in [0.4, 0.5) is 5.69 Å². The van der Waals surface area contributed by atoms with Crippen LogP contribution in [0.1, 0.15) is 11.1 Å². The van der Waals surface area contributed by atoms with Crippen LogP contribution in [-0.2, 0) is 6.42 Å². The molecule has 0 saturated carbocycles. The van der Waals surface area contributed by atoms with Crippen LogP contribution in [0.15, 0.2) is 51.8 Å². The lowest BCUT2D eigenvalue weighted by Gasteiger charge is -2.07. The van der Waals surface area contributed by atoms with E-state index in [0.29, 0.717) is 33.3 Å². The van der Waals surface area contributed by atoms with Crippen LogP contribution < -0.4 is 11.5 Å². The molecule has 12 heteroatoms. The molecule has 1 aliphatic carbocycles. The number of nitro benzene ring substituents is 1. The van der Waals surface area contributed by atoms with E-state index < -0.39 is 4.92 Å². The zero-order valence-electron chi connectivity index (χ0n) is 14.7. The quantitative estimate of drug-likeness (QED) is 0.240. The highest BCUT2D eigenvalue weighted by Gasteiger charge is 2.31. The summed E-state index contributed by atoms with van der Waals surface area (Å²) in [6.07, 6.45) is 0.702. The topological polar surface area (TPSA) is 149 Å². The van der Waals surface area contributed by atoms with Gasteiger partial charge in [-0.3, -0.25) is 10.1 Å². The summed E-state index contributed by atoms with van der Waals surface area (Å²) in [4.78, 5) is 18.1. The summed E-state index contributed by atoms with van der Waals surface area (Å²) in [6, 6.07) is 10.1. The number of H-pyrrole nitrogens is 1. The molecule has 0 saturated heterocycles. The molecular formula is C17H15Cl2N7O2S. The Hall–Kier alpha value is -2.82. The summed E-state index contributed by atoms with van der Waals surface area (Å²) in [7, 11) is 0. The number of hydrogen-bond acceptors (Lipinski definition) is 6. The number of nitrogens with zero attached hydrogens (tertiary/aromatic N) is 4. The highest BCUT2D eigenvalue weighted by Crippen LogP contribution is 2.36. The second-order valence-electron chi connectivity index (χ2n) is 6.12. The van der Waals surface area contributed by atoms with Gasteiger partial charge in [0.25, 0.3) is 5.69 Å². The number of guanidine groups is 1. The standard InChI is InChI=1S/C17H14ClN7O2S.ClH/c18-9-2-1-8-5-14(15(11(8)6-9)23-24-16(19)20)28-17-21-12-4-3-10(25(26)27)7-13(12)22-17;/h1-4,6-7,14H,5H2,(H,21,22)(H4,19,20,24);1H/b23-15+;. The van der Waals surface area contributed by atoms with Gasteiger partial charge in [-0.15, -0.1) is 17.5 Å². The van der Waals surface area contributed by atoms with E-state index in [1.165, 1.54) is 23.9 Å². The number of rotatable bonds is 4. The van der Waals surface area contributed by atoms with Crippen LogP contribution >= 0.6 is 35.8 Å². The van der Waals surface area contributed by atoms with Crippen LogP contribution in [0.3, 0.4) is 0 Å². The number of benzene rings is 2. The first-order valence-electron chi connectivity index (χ1n) is 8.17. The molecule has 150 valence electrons. The second kappa shape index (κ2) is 8.27. The Bertz CT molecular complexity index is 1160. The van der Waals surface area contributed by atoms with Gasteiger partial charge in [0.2, 0.25) is 5.96 Å². The number of nitrogens with two attached hydrogens (primary N) is 2. The smallest absolute Gasteiger partial charge is 0.271 e. The molecule has 0 fully saturated rings. The van der Waals surface area contributed by atoms with E-state index in [1.807, 2.05) is 18.2 Å². The van der Waals surface area contributed by atoms with Crippen LogP contribution in [0.2, 0.25) is 5.02 Å². The summed E-state index contributed by atoms with van der Waals surface area (Å²) in [5.74, 6) is -0.136. The highest BCUT2D eigenvalue weighted by molar-refractivity contribution is 8.00. The van der Waals surface area contributed by atoms with E-state index in [4.69, 9.17) is 23.1 Å². The second-order valence-corrected chi connectivity index (χ2v) is 7.75. The molecule has 1 aliphatic rings. The van der Waals surface area contributed by atoms with Crippen molar-refractivity contribution >= 4 is 64.2 Å². The van der Waals surface area contributed by atoms with Crippen molar-refractivity contribution < 1.29 is 4.92 Å². The van der Waals surface area contributed by atoms with Crippen LogP contribution in [0, 0.1) is 10.1 Å². The Morgan fingerprint density at radius 1 is 1.31 bits per heavy atom. The molecule has 0 bridgehead atoms. The van der Waals surface area contributed by atoms with E-state index in [9.17, 15) is 10.1 Å². The van der Waals surface area contributed by atoms with E-state index >= 15 is 0 Å². The normalized spacial score (nSPS) is 16.4. The zero-order valence-corrected chi connectivity index (χ0v) is 17.1. The number of imidazole rings is 1. The third-order valence-corrected chi connectivity index (χ3v) is 5.57. The fourth-order valence-corrected chi connectivity index (χ4v) is 4.35. The summed E-state index contributed by atoms with van der Waals surface area (Å²) >= 11 is 7.58. The largest absolute Gasteiger partial charge is 0.369 e. The summed E-state index contributed by atoms with van der Waals surface area (Å²) in [6.45, 7) is 0. The maximum absolute atomic E-state index is 11.0. The molecule has 9 nitrogen and oxygen atoms in total. The van der Waals surface area contributed by atoms with Gasteiger partial charge in [-0.2, -0.15) is 5.10 Å². The average Bonchev–Trinajstić information content (AvgIpc) is 3.19. The molecule has 3 aromatic rings. The lowest BCUT2D eigenvalue weighted by molar-refractivity contribution is -0.384. The van der Waals surface area contributed by atoms with Gasteiger partial charge in [0.05, 0.1) is 26.9 Å². The molecule has 1 unspecified atom stereocenters. The molecule has 1 aromatic heterocycles. The number of nitrogens with one attached hydrogen (secondary N) is 1. The van der Waals surface area contributed by atoms with Crippen molar-refractivity contribution in [1.29, 1.82) is 0 Å². The summed E-state index contributed by atoms with van der Waals surface area (Å²) in [5.41, 5.74) is 14.8. The molecular weight excluding hydrogens is 437 g/mol. The third kappa shape index (κ3) is 4.29. The zero-order chi connectivity index (χ0) is 19.8. The van der Waals surface area contributed by atoms with Crippen molar-refractivity contribution in [1.82, 2.24) is 9.97 Å². The number of fused-ring (bicyclic) bond motifs is 2. The first-order valence-corrected chi connectivity index (χ1v) is 9.42. The molecule has 1 heterocycles. The lowest BCUT2D eigenvalue weighted by atomic mass is 10.1. The van der Waals surface area contributed by atoms with E-state index in [0.717, 1.165) is 11.1 Å². The Balaban J connectivity index is 0.00000240. The molecule has 0 radical (unpaired) electrons. The Morgan fingerprint density at radius 2 is 2.10 bits per heavy atom. The number of hydrogen-bond donors (Lipinski definition) is 3. The molecule has 0 spiro atoms. The molecule has 1 atom stereocenters. The number of non-ortho nitro benzene ring substituents is 1. The van der Waals surface area contributed by atoms with Crippen LogP contribution in [0.25, 0.3) is 11.0 Å². The average molecular weight is 452 g/mol. The molecule has 0 amide bonds. The van der Waals surface area contributed by atoms with Gasteiger partial charge < -0.3 is 16.5 Å². The van der Waals surface area contributed by atoms with Gasteiger partial charge in [0.15, 0.2) is 5.16 Å². The van der Waals surface area contributed by atoms with E-state index in [2.05, 4.69) is 20.2 Å². The number of nitro groups is 1. The Morgan fingerprint density at radius 3 is 2.83 bits per heavy atom. The molecule has 5 N–H and O–H groups in total. The van der Waals surface area contributed by atoms with Crippen LogP contribution in [-0.4, -0.2) is 31.8 Å². The van der Waals surface area contributed by atoms with Crippen LogP contribution in [0.5, 0.6) is 0 Å². The predicted octanol–water partition coefficient (Wildman–Crippen LogP) is 3.24. The van der Waals surface area contributed by atoms with Gasteiger partial charge in [0.1, 0.15) is 0 Å². The first-order chi connectivity index (χ1) is 13.4. The summed E-state index contributed by atoms with van der Waals surface area (Å²) in [5, 5.41) is 20.1. The Labute approximate surface area is 180 Å².